The second-order valence-electron chi connectivity index (χ2n) is 13.9. The molecule has 0 fully saturated rings. The number of nitrogens with zero attached hydrogens (tertiary/aromatic N) is 1. The van der Waals surface area contributed by atoms with Gasteiger partial charge in [-0.05, 0) is 81.9 Å². The normalized spacial score (nSPS) is 19.1. The first-order valence-corrected chi connectivity index (χ1v) is 16.3. The van der Waals surface area contributed by atoms with Crippen LogP contribution in [0.25, 0.3) is 0 Å². The van der Waals surface area contributed by atoms with Crippen LogP contribution in [0.4, 0.5) is 0 Å². The Hall–Kier alpha value is -3.92. The standard InChI is InChI=1S/C36H40BrNO8/c1-6-45-28-14-22(13-23(37)33(28)46-19-20-7-9-21(10-8-20)34(43)44)30-31-24(15-35(2,3)17-26(31)39)38(12-11-29(41)42)25-16-36(4,5)18-27(40)32(25)30/h7-10,13-14,30H,6,11-12,15-19H2,1-5H3,(H,41,42)(H,43,44). The number of hydrogen-bond donors (Lipinski definition) is 2. The Labute approximate surface area is 277 Å². The van der Waals surface area contributed by atoms with Gasteiger partial charge < -0.3 is 24.6 Å². The topological polar surface area (TPSA) is 130 Å². The minimum absolute atomic E-state index is 0.0417. The minimum atomic E-state index is -1.01. The molecule has 3 aliphatic rings. The van der Waals surface area contributed by atoms with E-state index < -0.39 is 17.9 Å². The van der Waals surface area contributed by atoms with Crippen LogP contribution in [0.5, 0.6) is 11.5 Å². The fourth-order valence-corrected chi connectivity index (χ4v) is 7.49. The molecule has 0 amide bonds. The summed E-state index contributed by atoms with van der Waals surface area (Å²) in [6, 6.07) is 10.1. The van der Waals surface area contributed by atoms with E-state index in [-0.39, 0.29) is 47.5 Å². The van der Waals surface area contributed by atoms with Gasteiger partial charge in [0.1, 0.15) is 6.61 Å². The summed E-state index contributed by atoms with van der Waals surface area (Å²) in [4.78, 5) is 53.1. The highest BCUT2D eigenvalue weighted by Gasteiger charge is 2.49. The monoisotopic (exact) mass is 693 g/mol. The Morgan fingerprint density at radius 1 is 0.891 bits per heavy atom. The third-order valence-electron chi connectivity index (χ3n) is 8.82. The van der Waals surface area contributed by atoms with Crippen molar-refractivity contribution in [3.8, 4) is 11.5 Å². The fraction of sp³-hybridized carbons (Fsp3) is 0.444. The maximum atomic E-state index is 14.1. The minimum Gasteiger partial charge on any atom is -0.490 e. The molecule has 5 rings (SSSR count). The van der Waals surface area contributed by atoms with Gasteiger partial charge in [-0.1, -0.05) is 39.8 Å². The van der Waals surface area contributed by atoms with Gasteiger partial charge in [0.25, 0.3) is 0 Å². The fourth-order valence-electron chi connectivity index (χ4n) is 6.92. The van der Waals surface area contributed by atoms with Crippen molar-refractivity contribution in [1.29, 1.82) is 0 Å². The van der Waals surface area contributed by atoms with E-state index in [1.807, 2.05) is 51.7 Å². The number of carboxylic acid groups (broad SMARTS) is 2. The van der Waals surface area contributed by atoms with Gasteiger partial charge in [-0.15, -0.1) is 0 Å². The lowest BCUT2D eigenvalue weighted by atomic mass is 9.63. The molecule has 0 unspecified atom stereocenters. The van der Waals surface area contributed by atoms with Crippen molar-refractivity contribution in [3.05, 3.63) is 80.1 Å². The summed E-state index contributed by atoms with van der Waals surface area (Å²) in [6.45, 7) is 10.7. The van der Waals surface area contributed by atoms with E-state index >= 15 is 0 Å². The van der Waals surface area contributed by atoms with Crippen molar-refractivity contribution in [2.24, 2.45) is 10.8 Å². The van der Waals surface area contributed by atoms with E-state index in [0.717, 1.165) is 17.0 Å². The molecule has 0 aromatic heterocycles. The predicted molar refractivity (Wildman–Crippen MR) is 175 cm³/mol. The van der Waals surface area contributed by atoms with Crippen molar-refractivity contribution in [2.75, 3.05) is 13.2 Å². The summed E-state index contributed by atoms with van der Waals surface area (Å²) in [6.07, 6.45) is 1.68. The first kappa shape index (κ1) is 33.4. The number of carbonyl (C=O) groups is 4. The van der Waals surface area contributed by atoms with E-state index in [1.165, 1.54) is 12.1 Å². The summed E-state index contributed by atoms with van der Waals surface area (Å²) >= 11 is 3.67. The average molecular weight is 695 g/mol. The van der Waals surface area contributed by atoms with E-state index in [4.69, 9.17) is 9.47 Å². The SMILES string of the molecule is CCOc1cc(C2C3=C(CC(C)(C)CC3=O)N(CCC(=O)O)C3=C2C(=O)CC(C)(C)C3)cc(Br)c1OCc1ccc(C(=O)O)cc1. The molecule has 244 valence electrons. The number of carboxylic acids is 2. The summed E-state index contributed by atoms with van der Waals surface area (Å²) in [7, 11) is 0. The highest BCUT2D eigenvalue weighted by molar-refractivity contribution is 9.10. The Kier molecular flexibility index (Phi) is 9.23. The maximum Gasteiger partial charge on any atom is 0.335 e. The Balaban J connectivity index is 1.63. The number of Topliss-reactive ketones (excluding diaryl/α,β-unsaturated/α-hetero) is 2. The van der Waals surface area contributed by atoms with Crippen LogP contribution in [0.3, 0.4) is 0 Å². The smallest absolute Gasteiger partial charge is 0.335 e. The zero-order valence-corrected chi connectivity index (χ0v) is 28.5. The molecule has 10 heteroatoms. The molecule has 0 atom stereocenters. The Bertz CT molecular complexity index is 1610. The lowest BCUT2D eigenvalue weighted by molar-refractivity contribution is -0.137. The van der Waals surface area contributed by atoms with Gasteiger partial charge in [0, 0.05) is 47.8 Å². The third kappa shape index (κ3) is 6.77. The first-order chi connectivity index (χ1) is 21.6. The number of aliphatic carboxylic acids is 1. The quantitative estimate of drug-likeness (QED) is 0.263. The van der Waals surface area contributed by atoms with E-state index in [0.29, 0.717) is 65.0 Å². The molecule has 2 aromatic carbocycles. The number of carbonyl (C=O) groups excluding carboxylic acids is 2. The molecule has 2 aromatic rings. The van der Waals surface area contributed by atoms with Crippen LogP contribution in [0, 0.1) is 10.8 Å². The lowest BCUT2D eigenvalue weighted by Gasteiger charge is -2.49. The van der Waals surface area contributed by atoms with Gasteiger partial charge in [-0.2, -0.15) is 0 Å². The predicted octanol–water partition coefficient (Wildman–Crippen LogP) is 7.29. The highest BCUT2D eigenvalue weighted by atomic mass is 79.9. The van der Waals surface area contributed by atoms with Gasteiger partial charge >= 0.3 is 11.9 Å². The van der Waals surface area contributed by atoms with Crippen molar-refractivity contribution >= 4 is 39.4 Å². The Morgan fingerprint density at radius 3 is 1.96 bits per heavy atom. The lowest BCUT2D eigenvalue weighted by Crippen LogP contribution is -2.45. The van der Waals surface area contributed by atoms with Crippen LogP contribution in [0.1, 0.15) is 94.1 Å². The molecule has 2 aliphatic carbocycles. The van der Waals surface area contributed by atoms with Crippen LogP contribution in [0.15, 0.2) is 63.4 Å². The third-order valence-corrected chi connectivity index (χ3v) is 9.41. The van der Waals surface area contributed by atoms with E-state index in [2.05, 4.69) is 15.9 Å². The van der Waals surface area contributed by atoms with Crippen LogP contribution in [-0.4, -0.2) is 51.8 Å². The molecule has 46 heavy (non-hydrogen) atoms. The molecule has 0 bridgehead atoms. The van der Waals surface area contributed by atoms with Crippen LogP contribution in [-0.2, 0) is 21.0 Å². The highest BCUT2D eigenvalue weighted by Crippen LogP contribution is 2.55. The number of halogens is 1. The molecular weight excluding hydrogens is 654 g/mol. The van der Waals surface area contributed by atoms with Crippen LogP contribution in [0.2, 0.25) is 0 Å². The summed E-state index contributed by atoms with van der Waals surface area (Å²) in [5.74, 6) is -1.77. The van der Waals surface area contributed by atoms with Crippen molar-refractivity contribution < 1.29 is 38.9 Å². The van der Waals surface area contributed by atoms with Gasteiger partial charge in [-0.3, -0.25) is 14.4 Å². The largest absolute Gasteiger partial charge is 0.490 e. The van der Waals surface area contributed by atoms with Crippen molar-refractivity contribution in [2.45, 2.75) is 79.2 Å². The zero-order chi connectivity index (χ0) is 33.6. The first-order valence-electron chi connectivity index (χ1n) is 15.5. The number of aromatic carboxylic acids is 1. The Morgan fingerprint density at radius 2 is 1.46 bits per heavy atom. The van der Waals surface area contributed by atoms with Crippen molar-refractivity contribution in [1.82, 2.24) is 4.90 Å². The number of hydrogen-bond acceptors (Lipinski definition) is 7. The second-order valence-corrected chi connectivity index (χ2v) is 14.7. The van der Waals surface area contributed by atoms with Crippen LogP contribution >= 0.6 is 15.9 Å². The molecule has 0 saturated carbocycles. The van der Waals surface area contributed by atoms with Crippen LogP contribution < -0.4 is 9.47 Å². The molecule has 2 N–H and O–H groups in total. The zero-order valence-electron chi connectivity index (χ0n) is 26.9. The number of ether oxygens (including phenoxy) is 2. The number of rotatable bonds is 10. The van der Waals surface area contributed by atoms with Gasteiger partial charge in [-0.25, -0.2) is 4.79 Å². The second kappa shape index (κ2) is 12.7. The number of ketones is 2. The maximum absolute atomic E-state index is 14.1. The summed E-state index contributed by atoms with van der Waals surface area (Å²) in [5.41, 5.74) is 3.72. The van der Waals surface area contributed by atoms with E-state index in [1.54, 1.807) is 12.1 Å². The number of allylic oxidation sites excluding steroid dienone is 4. The van der Waals surface area contributed by atoms with Gasteiger partial charge in [0.15, 0.2) is 23.1 Å². The van der Waals surface area contributed by atoms with Gasteiger partial charge in [0.05, 0.1) is 23.1 Å². The molecule has 0 spiro atoms. The number of benzene rings is 2. The summed E-state index contributed by atoms with van der Waals surface area (Å²) < 4.78 is 12.8. The summed E-state index contributed by atoms with van der Waals surface area (Å²) in [5, 5.41) is 18.8. The molecule has 1 aliphatic heterocycles. The average Bonchev–Trinajstić information content (AvgIpc) is 2.94. The van der Waals surface area contributed by atoms with E-state index in [9.17, 15) is 29.4 Å². The molecular formula is C36H40BrNO8. The van der Waals surface area contributed by atoms with Gasteiger partial charge in [0.2, 0.25) is 0 Å². The molecule has 9 nitrogen and oxygen atoms in total. The molecule has 0 radical (unpaired) electrons. The van der Waals surface area contributed by atoms with Crippen molar-refractivity contribution in [3.63, 3.8) is 0 Å². The molecule has 1 heterocycles. The molecule has 0 saturated heterocycles.